The largest absolute Gasteiger partial charge is 0.326 e. The van der Waals surface area contributed by atoms with Crippen LogP contribution in [0.4, 0.5) is 4.39 Å². The average molecular weight is 191 g/mol. The van der Waals surface area contributed by atoms with Gasteiger partial charge in [0.25, 0.3) is 0 Å². The maximum atomic E-state index is 13.5. The fraction of sp³-hybridized carbons (Fsp3) is 0.100. The number of benzene rings is 1. The highest BCUT2D eigenvalue weighted by Gasteiger charge is 2.04. The number of hydrogen-bond donors (Lipinski definition) is 1. The average Bonchev–Trinajstić information content (AvgIpc) is 2.70. The van der Waals surface area contributed by atoms with Gasteiger partial charge in [-0.05, 0) is 23.8 Å². The SMILES string of the molecule is NCc1ccc(-n2cccn2)c(F)c1. The summed E-state index contributed by atoms with van der Waals surface area (Å²) in [5.41, 5.74) is 6.61. The first-order valence-electron chi connectivity index (χ1n) is 4.30. The molecule has 2 N–H and O–H groups in total. The van der Waals surface area contributed by atoms with E-state index in [4.69, 9.17) is 5.73 Å². The number of aromatic nitrogens is 2. The van der Waals surface area contributed by atoms with E-state index in [-0.39, 0.29) is 5.82 Å². The summed E-state index contributed by atoms with van der Waals surface area (Å²) in [6, 6.07) is 6.64. The summed E-state index contributed by atoms with van der Waals surface area (Å²) in [7, 11) is 0. The molecular formula is C10H10FN3. The highest BCUT2D eigenvalue weighted by atomic mass is 19.1. The lowest BCUT2D eigenvalue weighted by Gasteiger charge is -2.04. The lowest BCUT2D eigenvalue weighted by atomic mass is 10.2. The summed E-state index contributed by atoms with van der Waals surface area (Å²) in [5.74, 6) is -0.309. The molecule has 1 aromatic carbocycles. The number of nitrogens with zero attached hydrogens (tertiary/aromatic N) is 2. The van der Waals surface area contributed by atoms with Gasteiger partial charge in [0.2, 0.25) is 0 Å². The standard InChI is InChI=1S/C10H10FN3/c11-9-6-8(7-12)2-3-10(9)14-5-1-4-13-14/h1-6H,7,12H2. The van der Waals surface area contributed by atoms with Crippen LogP contribution in [0.1, 0.15) is 5.56 Å². The maximum Gasteiger partial charge on any atom is 0.149 e. The zero-order chi connectivity index (χ0) is 9.97. The van der Waals surface area contributed by atoms with Crippen LogP contribution in [0.15, 0.2) is 36.7 Å². The van der Waals surface area contributed by atoms with Gasteiger partial charge in [0.1, 0.15) is 11.5 Å². The predicted molar refractivity (Wildman–Crippen MR) is 51.4 cm³/mol. The van der Waals surface area contributed by atoms with Gasteiger partial charge in [-0.1, -0.05) is 6.07 Å². The molecule has 0 spiro atoms. The fourth-order valence-corrected chi connectivity index (χ4v) is 1.27. The van der Waals surface area contributed by atoms with Crippen LogP contribution in [0, 0.1) is 5.82 Å². The third kappa shape index (κ3) is 1.52. The van der Waals surface area contributed by atoms with E-state index in [1.165, 1.54) is 10.7 Å². The lowest BCUT2D eigenvalue weighted by Crippen LogP contribution is -2.01. The predicted octanol–water partition coefficient (Wildman–Crippen LogP) is 1.47. The molecule has 0 saturated carbocycles. The van der Waals surface area contributed by atoms with Gasteiger partial charge in [-0.15, -0.1) is 0 Å². The third-order valence-electron chi connectivity index (χ3n) is 2.00. The van der Waals surface area contributed by atoms with Crippen molar-refractivity contribution in [2.45, 2.75) is 6.54 Å². The molecule has 2 aromatic rings. The van der Waals surface area contributed by atoms with E-state index in [1.54, 1.807) is 30.6 Å². The molecule has 0 aliphatic carbocycles. The topological polar surface area (TPSA) is 43.8 Å². The smallest absolute Gasteiger partial charge is 0.149 e. The number of hydrogen-bond acceptors (Lipinski definition) is 2. The quantitative estimate of drug-likeness (QED) is 0.781. The molecule has 0 fully saturated rings. The van der Waals surface area contributed by atoms with E-state index in [9.17, 15) is 4.39 Å². The Balaban J connectivity index is 2.46. The summed E-state index contributed by atoms with van der Waals surface area (Å²) in [6.45, 7) is 0.344. The van der Waals surface area contributed by atoms with E-state index in [0.29, 0.717) is 12.2 Å². The normalized spacial score (nSPS) is 10.4. The highest BCUT2D eigenvalue weighted by Crippen LogP contribution is 2.13. The molecule has 0 bridgehead atoms. The molecule has 2 rings (SSSR count). The summed E-state index contributed by atoms with van der Waals surface area (Å²) >= 11 is 0. The summed E-state index contributed by atoms with van der Waals surface area (Å²) in [6.07, 6.45) is 3.30. The second-order valence-electron chi connectivity index (χ2n) is 2.94. The van der Waals surface area contributed by atoms with Gasteiger partial charge in [-0.2, -0.15) is 5.10 Å². The molecular weight excluding hydrogens is 181 g/mol. The second kappa shape index (κ2) is 3.59. The molecule has 72 valence electrons. The van der Waals surface area contributed by atoms with E-state index >= 15 is 0 Å². The van der Waals surface area contributed by atoms with Crippen LogP contribution in [0.5, 0.6) is 0 Å². The molecule has 4 heteroatoms. The monoisotopic (exact) mass is 191 g/mol. The van der Waals surface area contributed by atoms with Crippen molar-refractivity contribution in [2.75, 3.05) is 0 Å². The minimum absolute atomic E-state index is 0.309. The minimum atomic E-state index is -0.309. The molecule has 3 nitrogen and oxygen atoms in total. The van der Waals surface area contributed by atoms with Gasteiger partial charge in [0.05, 0.1) is 0 Å². The molecule has 14 heavy (non-hydrogen) atoms. The molecule has 0 atom stereocenters. The molecule has 1 aromatic heterocycles. The number of halogens is 1. The molecule has 0 radical (unpaired) electrons. The van der Waals surface area contributed by atoms with Crippen molar-refractivity contribution in [3.63, 3.8) is 0 Å². The lowest BCUT2D eigenvalue weighted by molar-refractivity contribution is 0.608. The molecule has 0 amide bonds. The van der Waals surface area contributed by atoms with E-state index in [0.717, 1.165) is 5.56 Å². The van der Waals surface area contributed by atoms with Crippen LogP contribution < -0.4 is 5.73 Å². The van der Waals surface area contributed by atoms with Crippen molar-refractivity contribution in [3.05, 3.63) is 48.0 Å². The zero-order valence-electron chi connectivity index (χ0n) is 7.52. The number of rotatable bonds is 2. The first-order valence-corrected chi connectivity index (χ1v) is 4.30. The van der Waals surface area contributed by atoms with Crippen LogP contribution in [0.25, 0.3) is 5.69 Å². The first kappa shape index (κ1) is 8.90. The summed E-state index contributed by atoms with van der Waals surface area (Å²) in [4.78, 5) is 0. The van der Waals surface area contributed by atoms with Crippen molar-refractivity contribution in [1.29, 1.82) is 0 Å². The van der Waals surface area contributed by atoms with Crippen LogP contribution in [0.2, 0.25) is 0 Å². The Bertz CT molecular complexity index is 423. The van der Waals surface area contributed by atoms with Crippen molar-refractivity contribution in [2.24, 2.45) is 5.73 Å². The molecule has 0 saturated heterocycles. The Morgan fingerprint density at radius 3 is 2.86 bits per heavy atom. The van der Waals surface area contributed by atoms with Crippen LogP contribution in [-0.4, -0.2) is 9.78 Å². The van der Waals surface area contributed by atoms with Crippen LogP contribution in [-0.2, 0) is 6.54 Å². The van der Waals surface area contributed by atoms with Gasteiger partial charge in [-0.25, -0.2) is 9.07 Å². The molecule has 1 heterocycles. The maximum absolute atomic E-state index is 13.5. The minimum Gasteiger partial charge on any atom is -0.326 e. The summed E-state index contributed by atoms with van der Waals surface area (Å²) in [5, 5.41) is 3.95. The van der Waals surface area contributed by atoms with Crippen molar-refractivity contribution >= 4 is 0 Å². The third-order valence-corrected chi connectivity index (χ3v) is 2.00. The first-order chi connectivity index (χ1) is 6.81. The van der Waals surface area contributed by atoms with Gasteiger partial charge >= 0.3 is 0 Å². The molecule has 0 aliphatic rings. The van der Waals surface area contributed by atoms with Gasteiger partial charge in [0, 0.05) is 18.9 Å². The van der Waals surface area contributed by atoms with E-state index in [1.807, 2.05) is 0 Å². The molecule has 0 unspecified atom stereocenters. The van der Waals surface area contributed by atoms with Crippen molar-refractivity contribution in [1.82, 2.24) is 9.78 Å². The van der Waals surface area contributed by atoms with Crippen molar-refractivity contribution < 1.29 is 4.39 Å². The van der Waals surface area contributed by atoms with E-state index < -0.39 is 0 Å². The van der Waals surface area contributed by atoms with Crippen molar-refractivity contribution in [3.8, 4) is 5.69 Å². The Kier molecular flexibility index (Phi) is 2.28. The van der Waals surface area contributed by atoms with Crippen LogP contribution in [0.3, 0.4) is 0 Å². The number of nitrogens with two attached hydrogens (primary N) is 1. The van der Waals surface area contributed by atoms with Gasteiger partial charge < -0.3 is 5.73 Å². The Morgan fingerprint density at radius 1 is 1.43 bits per heavy atom. The van der Waals surface area contributed by atoms with E-state index in [2.05, 4.69) is 5.10 Å². The summed E-state index contributed by atoms with van der Waals surface area (Å²) < 4.78 is 15.0. The molecule has 0 aliphatic heterocycles. The second-order valence-corrected chi connectivity index (χ2v) is 2.94. The fourth-order valence-electron chi connectivity index (χ4n) is 1.27. The van der Waals surface area contributed by atoms with Gasteiger partial charge in [0.15, 0.2) is 0 Å². The highest BCUT2D eigenvalue weighted by molar-refractivity contribution is 5.35. The van der Waals surface area contributed by atoms with Crippen LogP contribution >= 0.6 is 0 Å². The Morgan fingerprint density at radius 2 is 2.29 bits per heavy atom. The Labute approximate surface area is 81.0 Å². The zero-order valence-corrected chi connectivity index (χ0v) is 7.52. The van der Waals surface area contributed by atoms with Gasteiger partial charge in [-0.3, -0.25) is 0 Å². The Hall–Kier alpha value is -1.68.